The molecule has 4 nitrogen and oxygen atoms in total. The number of nitrogens with zero attached hydrogens (tertiary/aromatic N) is 1. The van der Waals surface area contributed by atoms with Crippen LogP contribution in [0.2, 0.25) is 0 Å². The largest absolute Gasteiger partial charge is 0.363 e. The fraction of sp³-hybridized carbons (Fsp3) is 0.857. The quantitative estimate of drug-likeness (QED) is 0.759. The van der Waals surface area contributed by atoms with Crippen LogP contribution in [0.15, 0.2) is 4.99 Å². The molecule has 2 aliphatic rings. The van der Waals surface area contributed by atoms with Gasteiger partial charge in [-0.3, -0.25) is 9.79 Å². The molecule has 108 valence electrons. The molecule has 0 aromatic rings. The molecule has 0 aromatic carbocycles. The van der Waals surface area contributed by atoms with Gasteiger partial charge in [0.15, 0.2) is 5.17 Å². The van der Waals surface area contributed by atoms with E-state index >= 15 is 0 Å². The van der Waals surface area contributed by atoms with E-state index in [1.807, 2.05) is 11.8 Å². The third kappa shape index (κ3) is 5.43. The Hall–Kier alpha value is -0.710. The third-order valence-electron chi connectivity index (χ3n) is 3.21. The summed E-state index contributed by atoms with van der Waals surface area (Å²) >= 11 is 1.84. The number of carbonyl (C=O) groups excluding carboxylic acids is 1. The SMILES string of the molecule is CC(C)(C)CC1CN=C(NCCNC(=O)C2CC2)S1. The molecule has 0 radical (unpaired) electrons. The van der Waals surface area contributed by atoms with E-state index < -0.39 is 0 Å². The monoisotopic (exact) mass is 283 g/mol. The number of amides is 1. The Labute approximate surface area is 120 Å². The van der Waals surface area contributed by atoms with Gasteiger partial charge in [0.05, 0.1) is 6.54 Å². The summed E-state index contributed by atoms with van der Waals surface area (Å²) in [5.41, 5.74) is 0.362. The number of hydrogen-bond donors (Lipinski definition) is 2. The highest BCUT2D eigenvalue weighted by molar-refractivity contribution is 8.14. The second-order valence-electron chi connectivity index (χ2n) is 6.64. The minimum Gasteiger partial charge on any atom is -0.363 e. The van der Waals surface area contributed by atoms with Gasteiger partial charge in [0, 0.05) is 24.3 Å². The Bertz CT molecular complexity index is 358. The molecular weight excluding hydrogens is 258 g/mol. The van der Waals surface area contributed by atoms with Gasteiger partial charge in [-0.25, -0.2) is 0 Å². The van der Waals surface area contributed by atoms with Gasteiger partial charge in [-0.05, 0) is 24.7 Å². The highest BCUT2D eigenvalue weighted by Crippen LogP contribution is 2.31. The number of carbonyl (C=O) groups is 1. The Kier molecular flexibility index (Phi) is 4.76. The summed E-state index contributed by atoms with van der Waals surface area (Å²) in [6, 6.07) is 0. The molecule has 1 amide bonds. The van der Waals surface area contributed by atoms with Crippen molar-refractivity contribution in [3.05, 3.63) is 0 Å². The van der Waals surface area contributed by atoms with Crippen LogP contribution in [0, 0.1) is 11.3 Å². The Morgan fingerprint density at radius 3 is 2.74 bits per heavy atom. The number of rotatable bonds is 5. The van der Waals surface area contributed by atoms with Crippen molar-refractivity contribution in [1.29, 1.82) is 0 Å². The summed E-state index contributed by atoms with van der Waals surface area (Å²) in [5.74, 6) is 0.516. The smallest absolute Gasteiger partial charge is 0.223 e. The van der Waals surface area contributed by atoms with E-state index in [9.17, 15) is 4.79 Å². The van der Waals surface area contributed by atoms with Crippen LogP contribution in [0.5, 0.6) is 0 Å². The molecule has 0 spiro atoms. The number of hydrogen-bond acceptors (Lipinski definition) is 4. The van der Waals surface area contributed by atoms with Crippen LogP contribution in [0.3, 0.4) is 0 Å². The van der Waals surface area contributed by atoms with Gasteiger partial charge in [0.25, 0.3) is 0 Å². The van der Waals surface area contributed by atoms with Gasteiger partial charge in [0.2, 0.25) is 5.91 Å². The molecule has 1 heterocycles. The summed E-state index contributed by atoms with van der Waals surface area (Å²) in [4.78, 5) is 16.0. The number of amidine groups is 1. The lowest BCUT2D eigenvalue weighted by Gasteiger charge is -2.21. The zero-order valence-electron chi connectivity index (χ0n) is 12.2. The molecule has 2 rings (SSSR count). The molecule has 0 aromatic heterocycles. The lowest BCUT2D eigenvalue weighted by atomic mass is 9.90. The number of nitrogens with one attached hydrogen (secondary N) is 2. The van der Waals surface area contributed by atoms with E-state index in [4.69, 9.17) is 0 Å². The summed E-state index contributed by atoms with van der Waals surface area (Å²) in [5, 5.41) is 7.90. The van der Waals surface area contributed by atoms with Gasteiger partial charge >= 0.3 is 0 Å². The van der Waals surface area contributed by atoms with Gasteiger partial charge in [-0.2, -0.15) is 0 Å². The molecule has 1 atom stereocenters. The average Bonchev–Trinajstić information content (AvgIpc) is 3.06. The van der Waals surface area contributed by atoms with Gasteiger partial charge in [-0.15, -0.1) is 0 Å². The summed E-state index contributed by atoms with van der Waals surface area (Å²) in [6.45, 7) is 9.19. The highest BCUT2D eigenvalue weighted by Gasteiger charge is 2.29. The first-order chi connectivity index (χ1) is 8.94. The minimum atomic E-state index is 0.216. The topological polar surface area (TPSA) is 53.5 Å². The number of thioether (sulfide) groups is 1. The lowest BCUT2D eigenvalue weighted by Crippen LogP contribution is -2.34. The minimum absolute atomic E-state index is 0.216. The zero-order valence-corrected chi connectivity index (χ0v) is 13.0. The van der Waals surface area contributed by atoms with Gasteiger partial charge < -0.3 is 10.6 Å². The van der Waals surface area contributed by atoms with Crippen molar-refractivity contribution in [2.45, 2.75) is 45.3 Å². The van der Waals surface area contributed by atoms with Crippen molar-refractivity contribution >= 4 is 22.8 Å². The maximum atomic E-state index is 11.4. The van der Waals surface area contributed by atoms with Crippen molar-refractivity contribution in [2.24, 2.45) is 16.3 Å². The van der Waals surface area contributed by atoms with Gasteiger partial charge in [0.1, 0.15) is 0 Å². The molecule has 0 saturated heterocycles. The normalized spacial score (nSPS) is 23.1. The Morgan fingerprint density at radius 1 is 1.37 bits per heavy atom. The van der Waals surface area contributed by atoms with E-state index in [-0.39, 0.29) is 5.91 Å². The number of aliphatic imine (C=N–C) groups is 1. The molecule has 1 aliphatic carbocycles. The summed E-state index contributed by atoms with van der Waals surface area (Å²) < 4.78 is 0. The summed E-state index contributed by atoms with van der Waals surface area (Å²) in [7, 11) is 0. The van der Waals surface area contributed by atoms with Crippen LogP contribution in [0.25, 0.3) is 0 Å². The second-order valence-corrected chi connectivity index (χ2v) is 7.93. The fourth-order valence-corrected chi connectivity index (χ4v) is 3.53. The zero-order chi connectivity index (χ0) is 13.9. The van der Waals surface area contributed by atoms with E-state index in [2.05, 4.69) is 36.4 Å². The lowest BCUT2D eigenvalue weighted by molar-refractivity contribution is -0.122. The predicted octanol–water partition coefficient (Wildman–Crippen LogP) is 2.01. The first-order valence-corrected chi connectivity index (χ1v) is 8.05. The van der Waals surface area contributed by atoms with Crippen LogP contribution in [0.4, 0.5) is 0 Å². The van der Waals surface area contributed by atoms with Crippen LogP contribution >= 0.6 is 11.8 Å². The van der Waals surface area contributed by atoms with E-state index in [1.54, 1.807) is 0 Å². The maximum Gasteiger partial charge on any atom is 0.223 e. The average molecular weight is 283 g/mol. The summed E-state index contributed by atoms with van der Waals surface area (Å²) in [6.07, 6.45) is 3.32. The van der Waals surface area contributed by atoms with E-state index in [0.29, 0.717) is 23.1 Å². The maximum absolute atomic E-state index is 11.4. The van der Waals surface area contributed by atoms with Gasteiger partial charge in [-0.1, -0.05) is 32.5 Å². The van der Waals surface area contributed by atoms with Crippen LogP contribution in [-0.4, -0.2) is 36.0 Å². The van der Waals surface area contributed by atoms with Crippen LogP contribution in [-0.2, 0) is 4.79 Å². The van der Waals surface area contributed by atoms with Crippen LogP contribution in [0.1, 0.15) is 40.0 Å². The van der Waals surface area contributed by atoms with E-state index in [1.165, 1.54) is 6.42 Å². The van der Waals surface area contributed by atoms with Crippen molar-refractivity contribution in [1.82, 2.24) is 10.6 Å². The molecule has 19 heavy (non-hydrogen) atoms. The molecule has 1 saturated carbocycles. The Balaban J connectivity index is 1.56. The van der Waals surface area contributed by atoms with Crippen molar-refractivity contribution < 1.29 is 4.79 Å². The Morgan fingerprint density at radius 2 is 2.11 bits per heavy atom. The molecular formula is C14H25N3OS. The fourth-order valence-electron chi connectivity index (χ4n) is 2.15. The standard InChI is InChI=1S/C14H25N3OS/c1-14(2,3)8-11-9-17-13(19-11)16-7-6-15-12(18)10-4-5-10/h10-11H,4-9H2,1-3H3,(H,15,18)(H,16,17). The molecule has 1 aliphatic heterocycles. The second kappa shape index (κ2) is 6.16. The highest BCUT2D eigenvalue weighted by atomic mass is 32.2. The first-order valence-electron chi connectivity index (χ1n) is 7.17. The molecule has 0 bridgehead atoms. The predicted molar refractivity (Wildman–Crippen MR) is 81.5 cm³/mol. The molecule has 2 N–H and O–H groups in total. The van der Waals surface area contributed by atoms with Crippen molar-refractivity contribution in [3.8, 4) is 0 Å². The third-order valence-corrected chi connectivity index (χ3v) is 4.35. The molecule has 1 fully saturated rings. The van der Waals surface area contributed by atoms with E-state index in [0.717, 1.165) is 31.1 Å². The first kappa shape index (κ1) is 14.7. The van der Waals surface area contributed by atoms with Crippen molar-refractivity contribution in [2.75, 3.05) is 19.6 Å². The van der Waals surface area contributed by atoms with Crippen molar-refractivity contribution in [3.63, 3.8) is 0 Å². The molecule has 1 unspecified atom stereocenters. The molecule has 5 heteroatoms. The van der Waals surface area contributed by atoms with Crippen LogP contribution < -0.4 is 10.6 Å².